The van der Waals surface area contributed by atoms with Gasteiger partial charge in [-0.15, -0.1) is 0 Å². The number of alkyl carbamates (subject to hydrolysis) is 1. The second-order valence-electron chi connectivity index (χ2n) is 7.73. The summed E-state index contributed by atoms with van der Waals surface area (Å²) in [6.07, 6.45) is 1.02. The topological polar surface area (TPSA) is 67.4 Å². The van der Waals surface area contributed by atoms with Gasteiger partial charge in [0.15, 0.2) is 0 Å². The van der Waals surface area contributed by atoms with E-state index in [4.69, 9.17) is 11.6 Å². The molecule has 5 nitrogen and oxygen atoms in total. The molecule has 3 aromatic carbocycles. The summed E-state index contributed by atoms with van der Waals surface area (Å²) in [5.74, 6) is -0.171. The first-order valence-electron chi connectivity index (χ1n) is 10.1. The van der Waals surface area contributed by atoms with Gasteiger partial charge in [0.1, 0.15) is 0 Å². The smallest absolute Gasteiger partial charge is 0.407 e. The van der Waals surface area contributed by atoms with Crippen molar-refractivity contribution in [3.05, 3.63) is 87.9 Å². The molecule has 2 amide bonds. The van der Waals surface area contributed by atoms with Crippen molar-refractivity contribution in [2.75, 3.05) is 12.4 Å². The molecule has 0 saturated carbocycles. The number of carbonyl (C=O) groups is 2. The number of methoxy groups -OCH3 is 1. The Hall–Kier alpha value is -3.31. The van der Waals surface area contributed by atoms with Crippen molar-refractivity contribution < 1.29 is 14.3 Å². The van der Waals surface area contributed by atoms with Crippen molar-refractivity contribution in [2.24, 2.45) is 0 Å². The fourth-order valence-corrected chi connectivity index (χ4v) is 4.08. The van der Waals surface area contributed by atoms with E-state index in [0.717, 1.165) is 39.9 Å². The molecule has 1 atom stereocenters. The standard InChI is InChI=1S/C25H23ClN2O3/c1-15-3-10-22(16-4-7-19(26)8-5-16)23(11-15)24(29)27-20-9-6-17-12-21(14-18(17)13-20)28-25(30)31-2/h3-11,13,21H,12,14H2,1-2H3,(H,27,29)(H,28,30)/t21-/m0/s1. The molecule has 31 heavy (non-hydrogen) atoms. The molecule has 4 rings (SSSR count). The summed E-state index contributed by atoms with van der Waals surface area (Å²) in [6, 6.07) is 19.2. The van der Waals surface area contributed by atoms with Gasteiger partial charge in [-0.05, 0) is 72.4 Å². The summed E-state index contributed by atoms with van der Waals surface area (Å²) in [5, 5.41) is 6.52. The summed E-state index contributed by atoms with van der Waals surface area (Å²) in [5.41, 5.74) is 6.40. The summed E-state index contributed by atoms with van der Waals surface area (Å²) < 4.78 is 4.69. The first-order valence-corrected chi connectivity index (χ1v) is 10.4. The lowest BCUT2D eigenvalue weighted by atomic mass is 9.97. The second kappa shape index (κ2) is 8.82. The van der Waals surface area contributed by atoms with Crippen LogP contribution in [0.2, 0.25) is 5.02 Å². The Morgan fingerprint density at radius 3 is 2.45 bits per heavy atom. The van der Waals surface area contributed by atoms with Crippen LogP contribution in [0.5, 0.6) is 0 Å². The first kappa shape index (κ1) is 20.9. The molecule has 1 aliphatic rings. The first-order chi connectivity index (χ1) is 14.9. The van der Waals surface area contributed by atoms with E-state index in [1.54, 1.807) is 0 Å². The van der Waals surface area contributed by atoms with Crippen molar-refractivity contribution in [1.82, 2.24) is 5.32 Å². The number of benzene rings is 3. The van der Waals surface area contributed by atoms with E-state index in [9.17, 15) is 9.59 Å². The average Bonchev–Trinajstić information content (AvgIpc) is 3.15. The SMILES string of the molecule is COC(=O)N[C@H]1Cc2ccc(NC(=O)c3cc(C)ccc3-c3ccc(Cl)cc3)cc2C1. The Morgan fingerprint density at radius 1 is 0.968 bits per heavy atom. The molecule has 0 aliphatic heterocycles. The number of aryl methyl sites for hydroxylation is 1. The van der Waals surface area contributed by atoms with Crippen LogP contribution in [0.3, 0.4) is 0 Å². The zero-order valence-electron chi connectivity index (χ0n) is 17.4. The van der Waals surface area contributed by atoms with Gasteiger partial charge in [-0.3, -0.25) is 4.79 Å². The normalized spacial score (nSPS) is 14.6. The second-order valence-corrected chi connectivity index (χ2v) is 8.17. The van der Waals surface area contributed by atoms with Gasteiger partial charge < -0.3 is 15.4 Å². The van der Waals surface area contributed by atoms with Crippen LogP contribution in [0.1, 0.15) is 27.0 Å². The summed E-state index contributed by atoms with van der Waals surface area (Å²) in [6.45, 7) is 1.96. The molecule has 0 aromatic heterocycles. The number of fused-ring (bicyclic) bond motifs is 1. The highest BCUT2D eigenvalue weighted by molar-refractivity contribution is 6.30. The fraction of sp³-hybridized carbons (Fsp3) is 0.200. The molecule has 0 bridgehead atoms. The highest BCUT2D eigenvalue weighted by atomic mass is 35.5. The van der Waals surface area contributed by atoms with E-state index < -0.39 is 6.09 Å². The lowest BCUT2D eigenvalue weighted by molar-refractivity contribution is 0.102. The van der Waals surface area contributed by atoms with Crippen molar-refractivity contribution in [3.63, 3.8) is 0 Å². The number of halogens is 1. The van der Waals surface area contributed by atoms with Crippen LogP contribution in [0.15, 0.2) is 60.7 Å². The van der Waals surface area contributed by atoms with Gasteiger partial charge in [-0.2, -0.15) is 0 Å². The minimum absolute atomic E-state index is 0.00156. The van der Waals surface area contributed by atoms with Gasteiger partial charge in [0.05, 0.1) is 7.11 Å². The van der Waals surface area contributed by atoms with Gasteiger partial charge in [0.2, 0.25) is 0 Å². The number of anilines is 1. The number of carbonyl (C=O) groups excluding carboxylic acids is 2. The van der Waals surface area contributed by atoms with Gasteiger partial charge in [-0.25, -0.2) is 4.79 Å². The number of ether oxygens (including phenoxy) is 1. The highest BCUT2D eigenvalue weighted by Crippen LogP contribution is 2.29. The Balaban J connectivity index is 1.55. The summed E-state index contributed by atoms with van der Waals surface area (Å²) in [4.78, 5) is 24.7. The van der Waals surface area contributed by atoms with Gasteiger partial charge >= 0.3 is 6.09 Å². The minimum Gasteiger partial charge on any atom is -0.453 e. The molecule has 0 fully saturated rings. The maximum atomic E-state index is 13.2. The Morgan fingerprint density at radius 2 is 1.71 bits per heavy atom. The van der Waals surface area contributed by atoms with Crippen molar-refractivity contribution in [1.29, 1.82) is 0 Å². The third kappa shape index (κ3) is 4.72. The number of rotatable bonds is 4. The monoisotopic (exact) mass is 434 g/mol. The van der Waals surface area contributed by atoms with Crippen molar-refractivity contribution in [3.8, 4) is 11.1 Å². The number of nitrogens with one attached hydrogen (secondary N) is 2. The van der Waals surface area contributed by atoms with E-state index in [2.05, 4.69) is 15.4 Å². The fourth-order valence-electron chi connectivity index (χ4n) is 3.95. The molecule has 0 unspecified atom stereocenters. The van der Waals surface area contributed by atoms with Gasteiger partial charge in [-0.1, -0.05) is 47.5 Å². The van der Waals surface area contributed by atoms with Crippen LogP contribution >= 0.6 is 11.6 Å². The zero-order valence-corrected chi connectivity index (χ0v) is 18.1. The molecule has 2 N–H and O–H groups in total. The molecule has 1 aliphatic carbocycles. The lowest BCUT2D eigenvalue weighted by Gasteiger charge is -2.13. The third-order valence-corrected chi connectivity index (χ3v) is 5.73. The molecule has 0 radical (unpaired) electrons. The molecule has 158 valence electrons. The van der Waals surface area contributed by atoms with Crippen molar-refractivity contribution in [2.45, 2.75) is 25.8 Å². The zero-order chi connectivity index (χ0) is 22.0. The van der Waals surface area contributed by atoms with E-state index in [-0.39, 0.29) is 11.9 Å². The molecule has 3 aromatic rings. The van der Waals surface area contributed by atoms with Crippen LogP contribution in [-0.4, -0.2) is 25.2 Å². The lowest BCUT2D eigenvalue weighted by Crippen LogP contribution is -2.35. The molecule has 0 spiro atoms. The van der Waals surface area contributed by atoms with Crippen LogP contribution < -0.4 is 10.6 Å². The summed E-state index contributed by atoms with van der Waals surface area (Å²) in [7, 11) is 1.36. The average molecular weight is 435 g/mol. The van der Waals surface area contributed by atoms with Crippen LogP contribution in [0.4, 0.5) is 10.5 Å². The highest BCUT2D eigenvalue weighted by Gasteiger charge is 2.24. The maximum absolute atomic E-state index is 13.2. The number of hydrogen-bond acceptors (Lipinski definition) is 3. The maximum Gasteiger partial charge on any atom is 0.407 e. The molecule has 0 heterocycles. The molecular formula is C25H23ClN2O3. The van der Waals surface area contributed by atoms with Crippen LogP contribution in [-0.2, 0) is 17.6 Å². The van der Waals surface area contributed by atoms with Crippen molar-refractivity contribution >= 4 is 29.3 Å². The Labute approximate surface area is 186 Å². The largest absolute Gasteiger partial charge is 0.453 e. The summed E-state index contributed by atoms with van der Waals surface area (Å²) >= 11 is 6.02. The van der Waals surface area contributed by atoms with E-state index in [1.807, 2.05) is 67.6 Å². The van der Waals surface area contributed by atoms with Crippen LogP contribution in [0.25, 0.3) is 11.1 Å². The van der Waals surface area contributed by atoms with E-state index in [1.165, 1.54) is 7.11 Å². The quantitative estimate of drug-likeness (QED) is 0.578. The predicted molar refractivity (Wildman–Crippen MR) is 123 cm³/mol. The molecular weight excluding hydrogens is 412 g/mol. The molecule has 0 saturated heterocycles. The third-order valence-electron chi connectivity index (χ3n) is 5.48. The Bertz CT molecular complexity index is 1140. The van der Waals surface area contributed by atoms with Crippen LogP contribution in [0, 0.1) is 6.92 Å². The minimum atomic E-state index is -0.430. The predicted octanol–water partition coefficient (Wildman–Crippen LogP) is 5.39. The van der Waals surface area contributed by atoms with Gasteiger partial charge in [0, 0.05) is 22.3 Å². The molecule has 6 heteroatoms. The van der Waals surface area contributed by atoms with Gasteiger partial charge in [0.25, 0.3) is 5.91 Å². The number of amides is 2. The van der Waals surface area contributed by atoms with E-state index >= 15 is 0 Å². The van der Waals surface area contributed by atoms with E-state index in [0.29, 0.717) is 17.0 Å². The Kier molecular flexibility index (Phi) is 5.96. The number of hydrogen-bond donors (Lipinski definition) is 2.